The summed E-state index contributed by atoms with van der Waals surface area (Å²) in [6.45, 7) is 2.28. The molecule has 1 aromatic carbocycles. The Labute approximate surface area is 166 Å². The van der Waals surface area contributed by atoms with E-state index in [0.29, 0.717) is 65.4 Å². The predicted octanol–water partition coefficient (Wildman–Crippen LogP) is 2.86. The van der Waals surface area contributed by atoms with Crippen molar-refractivity contribution >= 4 is 34.4 Å². The number of hydrogen-bond donors (Lipinski definition) is 0. The minimum Gasteiger partial charge on any atom is -0.493 e. The van der Waals surface area contributed by atoms with Crippen molar-refractivity contribution in [1.29, 1.82) is 0 Å². The number of aromatic nitrogens is 2. The molecule has 1 saturated heterocycles. The van der Waals surface area contributed by atoms with Gasteiger partial charge in [0.1, 0.15) is 0 Å². The van der Waals surface area contributed by atoms with Crippen LogP contribution in [-0.4, -0.2) is 61.2 Å². The van der Waals surface area contributed by atoms with Gasteiger partial charge in [-0.05, 0) is 12.1 Å². The van der Waals surface area contributed by atoms with Gasteiger partial charge < -0.3 is 23.7 Å². The Bertz CT molecular complexity index is 1000. The van der Waals surface area contributed by atoms with Crippen LogP contribution in [0.4, 0.5) is 5.82 Å². The zero-order valence-electron chi connectivity index (χ0n) is 15.5. The second kappa shape index (κ2) is 7.55. The molecule has 28 heavy (non-hydrogen) atoms. The number of anilines is 1. The third-order valence-electron chi connectivity index (χ3n) is 4.71. The fourth-order valence-corrected chi connectivity index (χ4v) is 3.48. The maximum atomic E-state index is 12.4. The number of furan rings is 1. The predicted molar refractivity (Wildman–Crippen MR) is 104 cm³/mol. The lowest BCUT2D eigenvalue weighted by Crippen LogP contribution is -2.49. The summed E-state index contributed by atoms with van der Waals surface area (Å²) in [5.41, 5.74) is 1.28. The number of amides is 1. The van der Waals surface area contributed by atoms with Gasteiger partial charge >= 0.3 is 0 Å². The number of methoxy groups -OCH3 is 2. The van der Waals surface area contributed by atoms with E-state index in [4.69, 9.17) is 25.5 Å². The van der Waals surface area contributed by atoms with E-state index < -0.39 is 0 Å². The molecule has 2 aromatic heterocycles. The quantitative estimate of drug-likeness (QED) is 0.663. The number of halogens is 1. The van der Waals surface area contributed by atoms with Gasteiger partial charge in [0, 0.05) is 38.3 Å². The van der Waals surface area contributed by atoms with Gasteiger partial charge in [0.2, 0.25) is 0 Å². The number of carbonyl (C=O) groups excluding carboxylic acids is 1. The zero-order chi connectivity index (χ0) is 19.7. The normalized spacial score (nSPS) is 14.4. The molecule has 0 saturated carbocycles. The summed E-state index contributed by atoms with van der Waals surface area (Å²) in [7, 11) is 3.14. The minimum absolute atomic E-state index is 0.114. The summed E-state index contributed by atoms with van der Waals surface area (Å²) in [4.78, 5) is 25.3. The van der Waals surface area contributed by atoms with Crippen LogP contribution in [0.25, 0.3) is 11.0 Å². The van der Waals surface area contributed by atoms with Crippen LogP contribution in [0.3, 0.4) is 0 Å². The van der Waals surface area contributed by atoms with Crippen molar-refractivity contribution in [3.8, 4) is 11.5 Å². The molecule has 0 unspecified atom stereocenters. The number of fused-ring (bicyclic) bond motifs is 1. The third-order valence-corrected chi connectivity index (χ3v) is 4.96. The Morgan fingerprint density at radius 2 is 1.71 bits per heavy atom. The van der Waals surface area contributed by atoms with E-state index in [2.05, 4.69) is 9.97 Å². The van der Waals surface area contributed by atoms with Crippen LogP contribution in [-0.2, 0) is 0 Å². The molecular formula is C19H19ClN4O4. The first-order valence-corrected chi connectivity index (χ1v) is 9.15. The first-order valence-electron chi connectivity index (χ1n) is 8.77. The molecule has 4 rings (SSSR count). The molecule has 0 bridgehead atoms. The van der Waals surface area contributed by atoms with Crippen molar-refractivity contribution in [2.45, 2.75) is 0 Å². The lowest BCUT2D eigenvalue weighted by Gasteiger charge is -2.35. The zero-order valence-corrected chi connectivity index (χ0v) is 16.3. The first-order chi connectivity index (χ1) is 13.6. The summed E-state index contributed by atoms with van der Waals surface area (Å²) >= 11 is 6.40. The molecule has 3 heterocycles. The molecule has 1 amide bonds. The van der Waals surface area contributed by atoms with Crippen molar-refractivity contribution in [1.82, 2.24) is 14.9 Å². The van der Waals surface area contributed by atoms with Gasteiger partial charge in [-0.2, -0.15) is 0 Å². The van der Waals surface area contributed by atoms with Gasteiger partial charge in [-0.3, -0.25) is 4.79 Å². The van der Waals surface area contributed by atoms with Gasteiger partial charge in [0.15, 0.2) is 28.2 Å². The second-order valence-corrected chi connectivity index (χ2v) is 6.65. The fraction of sp³-hybridized carbons (Fsp3) is 0.316. The first kappa shape index (κ1) is 18.4. The van der Waals surface area contributed by atoms with Gasteiger partial charge in [0.05, 0.1) is 31.5 Å². The van der Waals surface area contributed by atoms with Crippen molar-refractivity contribution in [3.63, 3.8) is 0 Å². The molecule has 3 aromatic rings. The van der Waals surface area contributed by atoms with Crippen LogP contribution in [0.1, 0.15) is 10.6 Å². The molecule has 0 radical (unpaired) electrons. The van der Waals surface area contributed by atoms with Crippen molar-refractivity contribution in [2.75, 3.05) is 45.3 Å². The van der Waals surface area contributed by atoms with Crippen LogP contribution in [0.15, 0.2) is 34.9 Å². The summed E-state index contributed by atoms with van der Waals surface area (Å²) in [6, 6.07) is 6.90. The highest BCUT2D eigenvalue weighted by molar-refractivity contribution is 6.32. The molecular weight excluding hydrogens is 384 g/mol. The van der Waals surface area contributed by atoms with Crippen molar-refractivity contribution < 1.29 is 18.7 Å². The van der Waals surface area contributed by atoms with Crippen LogP contribution < -0.4 is 14.4 Å². The Kier molecular flexibility index (Phi) is 4.95. The van der Waals surface area contributed by atoms with Gasteiger partial charge in [-0.15, -0.1) is 0 Å². The Hall–Kier alpha value is -3.00. The number of hydrogen-bond acceptors (Lipinski definition) is 7. The van der Waals surface area contributed by atoms with E-state index in [1.165, 1.54) is 6.26 Å². The van der Waals surface area contributed by atoms with E-state index in [9.17, 15) is 4.79 Å². The van der Waals surface area contributed by atoms with Crippen LogP contribution in [0.2, 0.25) is 5.15 Å². The number of nitrogens with zero attached hydrogens (tertiary/aromatic N) is 4. The summed E-state index contributed by atoms with van der Waals surface area (Å²) in [6.07, 6.45) is 1.50. The van der Waals surface area contributed by atoms with E-state index >= 15 is 0 Å². The maximum Gasteiger partial charge on any atom is 0.289 e. The molecule has 8 nitrogen and oxygen atoms in total. The number of ether oxygens (including phenoxy) is 2. The largest absolute Gasteiger partial charge is 0.493 e. The molecule has 146 valence electrons. The smallest absolute Gasteiger partial charge is 0.289 e. The van der Waals surface area contributed by atoms with E-state index in [-0.39, 0.29) is 5.91 Å². The van der Waals surface area contributed by atoms with Crippen molar-refractivity contribution in [3.05, 3.63) is 41.4 Å². The highest BCUT2D eigenvalue weighted by Gasteiger charge is 2.26. The van der Waals surface area contributed by atoms with Gasteiger partial charge in [0.25, 0.3) is 5.91 Å². The average Bonchev–Trinajstić information content (AvgIpc) is 3.27. The Morgan fingerprint density at radius 1 is 1.07 bits per heavy atom. The van der Waals surface area contributed by atoms with E-state index in [1.54, 1.807) is 43.4 Å². The van der Waals surface area contributed by atoms with Crippen LogP contribution >= 0.6 is 11.6 Å². The summed E-state index contributed by atoms with van der Waals surface area (Å²) < 4.78 is 15.8. The topological polar surface area (TPSA) is 80.9 Å². The second-order valence-electron chi connectivity index (χ2n) is 6.29. The van der Waals surface area contributed by atoms with Crippen molar-refractivity contribution in [2.24, 2.45) is 0 Å². The molecule has 1 fully saturated rings. The van der Waals surface area contributed by atoms with E-state index in [0.717, 1.165) is 0 Å². The minimum atomic E-state index is -0.114. The van der Waals surface area contributed by atoms with Gasteiger partial charge in [-0.25, -0.2) is 9.97 Å². The fourth-order valence-electron chi connectivity index (χ4n) is 3.23. The Balaban J connectivity index is 1.56. The number of rotatable bonds is 4. The van der Waals surface area contributed by atoms with Crippen LogP contribution in [0, 0.1) is 0 Å². The average molecular weight is 403 g/mol. The lowest BCUT2D eigenvalue weighted by atomic mass is 10.2. The molecule has 0 N–H and O–H groups in total. The molecule has 0 atom stereocenters. The molecule has 1 aliphatic rings. The van der Waals surface area contributed by atoms with E-state index in [1.807, 2.05) is 4.90 Å². The van der Waals surface area contributed by atoms with Crippen LogP contribution in [0.5, 0.6) is 11.5 Å². The number of piperazine rings is 1. The third kappa shape index (κ3) is 3.31. The summed E-state index contributed by atoms with van der Waals surface area (Å²) in [5.74, 6) is 1.96. The molecule has 0 aliphatic carbocycles. The SMILES string of the molecule is COc1cc2nc(Cl)c(N3CCN(C(=O)c4ccco4)CC3)nc2cc1OC. The molecule has 9 heteroatoms. The highest BCUT2D eigenvalue weighted by Crippen LogP contribution is 2.33. The number of carbonyl (C=O) groups is 1. The Morgan fingerprint density at radius 3 is 2.29 bits per heavy atom. The maximum absolute atomic E-state index is 12.4. The van der Waals surface area contributed by atoms with Gasteiger partial charge in [-0.1, -0.05) is 11.6 Å². The standard InChI is InChI=1S/C19H19ClN4O4/c1-26-15-10-12-13(11-16(15)27-2)22-18(17(20)21-12)23-5-7-24(8-6-23)19(25)14-4-3-9-28-14/h3-4,9-11H,5-8H2,1-2H3. The highest BCUT2D eigenvalue weighted by atomic mass is 35.5. The lowest BCUT2D eigenvalue weighted by molar-refractivity contribution is 0.0714. The summed E-state index contributed by atoms with van der Waals surface area (Å²) in [5, 5.41) is 0.311. The molecule has 1 aliphatic heterocycles. The number of benzene rings is 1. The monoisotopic (exact) mass is 402 g/mol. The molecule has 0 spiro atoms.